The number of amides is 2. The van der Waals surface area contributed by atoms with Crippen molar-refractivity contribution in [3.05, 3.63) is 35.4 Å². The third-order valence-corrected chi connectivity index (χ3v) is 2.16. The summed E-state index contributed by atoms with van der Waals surface area (Å²) in [4.78, 5) is 28.3. The molecule has 5 heteroatoms. The van der Waals surface area contributed by atoms with E-state index in [1.165, 1.54) is 0 Å². The van der Waals surface area contributed by atoms with Crippen LogP contribution in [-0.4, -0.2) is 24.0 Å². The van der Waals surface area contributed by atoms with Crippen LogP contribution >= 0.6 is 0 Å². The molecule has 0 radical (unpaired) electrons. The Morgan fingerprint density at radius 3 is 2.53 bits per heavy atom. The molecule has 104 valence electrons. The van der Waals surface area contributed by atoms with E-state index in [1.54, 1.807) is 18.2 Å². The number of rotatable bonds is 4. The van der Waals surface area contributed by atoms with E-state index < -0.39 is 11.5 Å². The summed E-state index contributed by atoms with van der Waals surface area (Å²) in [6, 6.07) is 7.17. The van der Waals surface area contributed by atoms with Gasteiger partial charge < -0.3 is 5.32 Å². The van der Waals surface area contributed by atoms with Gasteiger partial charge in [0.15, 0.2) is 0 Å². The second kappa shape index (κ2) is 6.33. The van der Waals surface area contributed by atoms with Crippen molar-refractivity contribution in [3.8, 4) is 0 Å². The van der Waals surface area contributed by atoms with Crippen molar-refractivity contribution in [2.75, 3.05) is 6.54 Å². The van der Waals surface area contributed by atoms with E-state index in [9.17, 15) is 9.59 Å². The zero-order valence-corrected chi connectivity index (χ0v) is 11.7. The first-order valence-electron chi connectivity index (χ1n) is 6.09. The van der Waals surface area contributed by atoms with Crippen LogP contribution in [0.25, 0.3) is 0 Å². The van der Waals surface area contributed by atoms with Crippen LogP contribution in [0.4, 0.5) is 0 Å². The lowest BCUT2D eigenvalue weighted by molar-refractivity contribution is -0.144. The molecule has 0 saturated carbocycles. The quantitative estimate of drug-likeness (QED) is 0.811. The van der Waals surface area contributed by atoms with Gasteiger partial charge in [-0.3, -0.25) is 14.4 Å². The van der Waals surface area contributed by atoms with Gasteiger partial charge in [-0.05, 0) is 39.8 Å². The summed E-state index contributed by atoms with van der Waals surface area (Å²) in [6.07, 6.45) is 0. The fourth-order valence-electron chi connectivity index (χ4n) is 1.30. The van der Waals surface area contributed by atoms with Crippen LogP contribution in [0.1, 0.15) is 36.7 Å². The van der Waals surface area contributed by atoms with Crippen LogP contribution in [0, 0.1) is 6.92 Å². The first-order chi connectivity index (χ1) is 8.78. The minimum Gasteiger partial charge on any atom is -0.343 e. The lowest BCUT2D eigenvalue weighted by Gasteiger charge is -2.18. The highest BCUT2D eigenvalue weighted by Crippen LogP contribution is 2.04. The predicted molar refractivity (Wildman–Crippen MR) is 72.5 cm³/mol. The average Bonchev–Trinajstić information content (AvgIpc) is 2.32. The summed E-state index contributed by atoms with van der Waals surface area (Å²) in [7, 11) is 0. The maximum atomic E-state index is 11.8. The van der Waals surface area contributed by atoms with E-state index in [4.69, 9.17) is 4.84 Å². The predicted octanol–water partition coefficient (Wildman–Crippen LogP) is 1.57. The second-order valence-electron chi connectivity index (χ2n) is 5.29. The van der Waals surface area contributed by atoms with Gasteiger partial charge in [-0.15, -0.1) is 0 Å². The van der Waals surface area contributed by atoms with Crippen LogP contribution in [0.15, 0.2) is 24.3 Å². The highest BCUT2D eigenvalue weighted by molar-refractivity contribution is 5.96. The molecule has 0 spiro atoms. The molecular formula is C14H20N2O3. The molecule has 1 aromatic rings. The Balaban J connectivity index is 2.40. The molecule has 2 amide bonds. The molecule has 0 unspecified atom stereocenters. The minimum absolute atomic E-state index is 0.122. The molecule has 1 rings (SSSR count). The van der Waals surface area contributed by atoms with Gasteiger partial charge in [-0.2, -0.15) is 0 Å². The zero-order chi connectivity index (χ0) is 14.5. The van der Waals surface area contributed by atoms with E-state index in [0.717, 1.165) is 5.56 Å². The first-order valence-corrected chi connectivity index (χ1v) is 6.09. The zero-order valence-electron chi connectivity index (χ0n) is 11.7. The summed E-state index contributed by atoms with van der Waals surface area (Å²) in [5.41, 5.74) is 3.35. The number of benzene rings is 1. The molecule has 5 nitrogen and oxygen atoms in total. The molecule has 2 N–H and O–H groups in total. The first kappa shape index (κ1) is 15.2. The molecule has 0 aliphatic heterocycles. The summed E-state index contributed by atoms with van der Waals surface area (Å²) in [5.74, 6) is -0.675. The van der Waals surface area contributed by atoms with Gasteiger partial charge in [0.05, 0.1) is 12.1 Å². The summed E-state index contributed by atoms with van der Waals surface area (Å²) in [6.45, 7) is 7.24. The van der Waals surface area contributed by atoms with Crippen molar-refractivity contribution in [3.63, 3.8) is 0 Å². The second-order valence-corrected chi connectivity index (χ2v) is 5.29. The number of aryl methyl sites for hydroxylation is 1. The Morgan fingerprint density at radius 2 is 1.95 bits per heavy atom. The van der Waals surface area contributed by atoms with E-state index >= 15 is 0 Å². The molecule has 0 atom stereocenters. The number of carbonyl (C=O) groups excluding carboxylic acids is 2. The van der Waals surface area contributed by atoms with E-state index in [1.807, 2.05) is 33.8 Å². The van der Waals surface area contributed by atoms with Crippen LogP contribution in [-0.2, 0) is 9.63 Å². The number of hydroxylamine groups is 1. The molecule has 0 aliphatic rings. The van der Waals surface area contributed by atoms with Gasteiger partial charge >= 0.3 is 0 Å². The maximum absolute atomic E-state index is 11.8. The van der Waals surface area contributed by atoms with Crippen molar-refractivity contribution in [2.45, 2.75) is 33.3 Å². The van der Waals surface area contributed by atoms with Crippen LogP contribution < -0.4 is 10.8 Å². The van der Waals surface area contributed by atoms with E-state index in [0.29, 0.717) is 5.56 Å². The van der Waals surface area contributed by atoms with Crippen molar-refractivity contribution in [1.29, 1.82) is 0 Å². The van der Waals surface area contributed by atoms with Crippen molar-refractivity contribution >= 4 is 11.8 Å². The average molecular weight is 264 g/mol. The lowest BCUT2D eigenvalue weighted by Crippen LogP contribution is -2.40. The molecule has 0 aromatic heterocycles. The van der Waals surface area contributed by atoms with Crippen molar-refractivity contribution < 1.29 is 14.4 Å². The van der Waals surface area contributed by atoms with E-state index in [-0.39, 0.29) is 12.5 Å². The molecule has 0 fully saturated rings. The summed E-state index contributed by atoms with van der Waals surface area (Å²) in [5, 5.41) is 2.53. The molecule has 19 heavy (non-hydrogen) atoms. The Morgan fingerprint density at radius 1 is 1.26 bits per heavy atom. The molecule has 0 aliphatic carbocycles. The minimum atomic E-state index is -0.462. The highest BCUT2D eigenvalue weighted by Gasteiger charge is 2.13. The number of carbonyl (C=O) groups is 2. The SMILES string of the molecule is Cc1cccc(C(=O)NCC(=O)NOC(C)(C)C)c1. The van der Waals surface area contributed by atoms with Gasteiger partial charge in [-0.25, -0.2) is 5.48 Å². The largest absolute Gasteiger partial charge is 0.343 e. The maximum Gasteiger partial charge on any atom is 0.262 e. The smallest absolute Gasteiger partial charge is 0.262 e. The Bertz CT molecular complexity index is 464. The monoisotopic (exact) mass is 264 g/mol. The standard InChI is InChI=1S/C14H20N2O3/c1-10-6-5-7-11(8-10)13(18)15-9-12(17)16-19-14(2,3)4/h5-8H,9H2,1-4H3,(H,15,18)(H,16,17). The van der Waals surface area contributed by atoms with Crippen molar-refractivity contribution in [2.24, 2.45) is 0 Å². The van der Waals surface area contributed by atoms with Gasteiger partial charge in [0.1, 0.15) is 0 Å². The Hall–Kier alpha value is -1.88. The number of hydrogen-bond donors (Lipinski definition) is 2. The molecule has 0 bridgehead atoms. The number of nitrogens with one attached hydrogen (secondary N) is 2. The Labute approximate surface area is 113 Å². The molecule has 0 saturated heterocycles. The van der Waals surface area contributed by atoms with Crippen LogP contribution in [0.5, 0.6) is 0 Å². The third kappa shape index (κ3) is 6.01. The molecular weight excluding hydrogens is 244 g/mol. The molecule has 1 aromatic carbocycles. The highest BCUT2D eigenvalue weighted by atomic mass is 16.7. The van der Waals surface area contributed by atoms with Gasteiger partial charge in [0.25, 0.3) is 11.8 Å². The third-order valence-electron chi connectivity index (χ3n) is 2.16. The fraction of sp³-hybridized carbons (Fsp3) is 0.429. The number of hydrogen-bond acceptors (Lipinski definition) is 3. The van der Waals surface area contributed by atoms with Gasteiger partial charge in [-0.1, -0.05) is 17.7 Å². The van der Waals surface area contributed by atoms with Crippen molar-refractivity contribution in [1.82, 2.24) is 10.8 Å². The van der Waals surface area contributed by atoms with Gasteiger partial charge in [0, 0.05) is 5.56 Å². The normalized spacial score (nSPS) is 10.9. The fourth-order valence-corrected chi connectivity index (χ4v) is 1.30. The van der Waals surface area contributed by atoms with Crippen LogP contribution in [0.2, 0.25) is 0 Å². The lowest BCUT2D eigenvalue weighted by atomic mass is 10.1. The Kier molecular flexibility index (Phi) is 5.06. The topological polar surface area (TPSA) is 67.4 Å². The summed E-state index contributed by atoms with van der Waals surface area (Å²) < 4.78 is 0. The van der Waals surface area contributed by atoms with Gasteiger partial charge in [0.2, 0.25) is 0 Å². The van der Waals surface area contributed by atoms with E-state index in [2.05, 4.69) is 10.8 Å². The van der Waals surface area contributed by atoms with Crippen LogP contribution in [0.3, 0.4) is 0 Å². The summed E-state index contributed by atoms with van der Waals surface area (Å²) >= 11 is 0. The molecule has 0 heterocycles.